The summed E-state index contributed by atoms with van der Waals surface area (Å²) in [7, 11) is 0. The molecule has 2 aliphatic heterocycles. The van der Waals surface area contributed by atoms with Gasteiger partial charge in [0.2, 0.25) is 0 Å². The third-order valence-corrected chi connectivity index (χ3v) is 7.58. The van der Waals surface area contributed by atoms with Gasteiger partial charge in [0.1, 0.15) is 24.4 Å². The van der Waals surface area contributed by atoms with Crippen LogP contribution in [0.25, 0.3) is 5.57 Å². The lowest BCUT2D eigenvalue weighted by atomic mass is 9.91. The van der Waals surface area contributed by atoms with Gasteiger partial charge >= 0.3 is 0 Å². The van der Waals surface area contributed by atoms with E-state index in [0.29, 0.717) is 6.42 Å². The van der Waals surface area contributed by atoms with Gasteiger partial charge in [-0.05, 0) is 35.6 Å². The number of para-hydroxylation sites is 1. The van der Waals surface area contributed by atoms with Crippen molar-refractivity contribution < 1.29 is 15.3 Å². The van der Waals surface area contributed by atoms with Crippen molar-refractivity contribution in [2.45, 2.75) is 30.8 Å². The Kier molecular flexibility index (Phi) is 4.47. The van der Waals surface area contributed by atoms with Gasteiger partial charge in [-0.3, -0.25) is 0 Å². The zero-order valence-corrected chi connectivity index (χ0v) is 17.5. The zero-order valence-electron chi connectivity index (χ0n) is 17.5. The topological polar surface area (TPSA) is 101 Å². The van der Waals surface area contributed by atoms with Crippen LogP contribution in [0.3, 0.4) is 0 Å². The quantitative estimate of drug-likeness (QED) is 0.594. The molecule has 0 spiro atoms. The van der Waals surface area contributed by atoms with Crippen molar-refractivity contribution in [2.24, 2.45) is 27.2 Å². The predicted octanol–water partition coefficient (Wildman–Crippen LogP) is 1.94. The van der Waals surface area contributed by atoms with E-state index >= 15 is 0 Å². The largest absolute Gasteiger partial charge is 0.396 e. The minimum absolute atomic E-state index is 0.0316. The molecule has 0 saturated heterocycles. The molecule has 0 bridgehead atoms. The van der Waals surface area contributed by atoms with E-state index in [9.17, 15) is 15.3 Å². The molecule has 4 aliphatic rings. The van der Waals surface area contributed by atoms with Crippen LogP contribution in [-0.4, -0.2) is 63.4 Å². The lowest BCUT2D eigenvalue weighted by molar-refractivity contribution is -0.0411. The summed E-state index contributed by atoms with van der Waals surface area (Å²) >= 11 is 0. The van der Waals surface area contributed by atoms with Gasteiger partial charge in [0.15, 0.2) is 0 Å². The molecular formula is C25H26N4O3. The molecule has 2 fully saturated rings. The number of nitrogens with zero attached hydrogens (tertiary/aromatic N) is 3. The van der Waals surface area contributed by atoms with Gasteiger partial charge in [0.05, 0.1) is 24.7 Å². The Morgan fingerprint density at radius 2 is 1.75 bits per heavy atom. The van der Waals surface area contributed by atoms with E-state index in [4.69, 9.17) is 4.99 Å². The number of fused-ring (bicyclic) bond motifs is 2. The summed E-state index contributed by atoms with van der Waals surface area (Å²) in [5.74, 6) is 0.685. The summed E-state index contributed by atoms with van der Waals surface area (Å²) < 4.78 is 0. The molecule has 0 radical (unpaired) electrons. The summed E-state index contributed by atoms with van der Waals surface area (Å²) in [5, 5.41) is 35.0. The maximum Gasteiger partial charge on any atom is 0.136 e. The number of aliphatic hydroxyl groups excluding tert-OH is 3. The van der Waals surface area contributed by atoms with Gasteiger partial charge in [0.25, 0.3) is 0 Å². The van der Waals surface area contributed by atoms with Crippen LogP contribution in [0, 0.1) is 17.3 Å². The molecule has 32 heavy (non-hydrogen) atoms. The number of hydrogen-bond donors (Lipinski definition) is 4. The number of aliphatic imine (C=N–C) groups is 2. The van der Waals surface area contributed by atoms with E-state index in [0.717, 1.165) is 22.7 Å². The molecule has 6 rings (SSSR count). The fourth-order valence-electron chi connectivity index (χ4n) is 5.85. The van der Waals surface area contributed by atoms with Crippen molar-refractivity contribution in [2.75, 3.05) is 11.9 Å². The molecule has 2 saturated carbocycles. The molecule has 2 aromatic rings. The van der Waals surface area contributed by atoms with Gasteiger partial charge in [-0.15, -0.1) is 0 Å². The SMILES string of the molecule is OC[C@@]12C[C@@H]1[C@@H](N1C=C(c3ccccc3)C3C(Nc4ccccc4)=NC=NC31)C(O)[C@H]2O. The Labute approximate surface area is 186 Å². The number of amidine groups is 1. The number of hydrogen-bond acceptors (Lipinski definition) is 7. The second-order valence-electron chi connectivity index (χ2n) is 9.19. The standard InChI is InChI=1S/C25H26N4O3/c30-13-25-11-18(25)20(21(31)22(25)32)29-12-17(15-7-3-1-4-8-15)19-23(26-14-27-24(19)29)28-16-9-5-2-6-10-16/h1-10,12,14,18-22,24,30-32H,11,13H2,(H,26,27,28)/t18-,19?,20-,21?,22-,24?,25+/m1/s1. The van der Waals surface area contributed by atoms with Gasteiger partial charge in [-0.2, -0.15) is 0 Å². The first-order valence-electron chi connectivity index (χ1n) is 11.1. The molecule has 0 amide bonds. The third kappa shape index (κ3) is 2.78. The lowest BCUT2D eigenvalue weighted by Gasteiger charge is -2.36. The zero-order chi connectivity index (χ0) is 21.9. The van der Waals surface area contributed by atoms with E-state index in [1.807, 2.05) is 48.5 Å². The van der Waals surface area contributed by atoms with Crippen LogP contribution in [0.1, 0.15) is 12.0 Å². The van der Waals surface area contributed by atoms with E-state index in [-0.39, 0.29) is 30.7 Å². The Morgan fingerprint density at radius 3 is 2.44 bits per heavy atom. The minimum Gasteiger partial charge on any atom is -0.396 e. The van der Waals surface area contributed by atoms with Crippen LogP contribution in [0.4, 0.5) is 5.69 Å². The first-order chi connectivity index (χ1) is 15.6. The Bertz CT molecular complexity index is 1100. The van der Waals surface area contributed by atoms with E-state index in [2.05, 4.69) is 33.5 Å². The van der Waals surface area contributed by atoms with Crippen LogP contribution < -0.4 is 5.32 Å². The third-order valence-electron chi connectivity index (χ3n) is 7.58. The number of aliphatic hydroxyl groups is 3. The highest BCUT2D eigenvalue weighted by Gasteiger charge is 2.72. The molecule has 7 nitrogen and oxygen atoms in total. The van der Waals surface area contributed by atoms with Crippen molar-refractivity contribution in [1.82, 2.24) is 4.90 Å². The van der Waals surface area contributed by atoms with Crippen molar-refractivity contribution >= 4 is 23.4 Å². The van der Waals surface area contributed by atoms with Crippen molar-refractivity contribution in [1.29, 1.82) is 0 Å². The first kappa shape index (κ1) is 19.7. The predicted molar refractivity (Wildman–Crippen MR) is 123 cm³/mol. The average molecular weight is 431 g/mol. The van der Waals surface area contributed by atoms with Gasteiger partial charge in [0, 0.05) is 17.3 Å². The fraction of sp³-hybridized carbons (Fsp3) is 0.360. The number of rotatable bonds is 4. The van der Waals surface area contributed by atoms with E-state index < -0.39 is 17.6 Å². The molecular weight excluding hydrogens is 404 g/mol. The molecule has 2 aromatic carbocycles. The average Bonchev–Trinajstić information content (AvgIpc) is 3.38. The summed E-state index contributed by atoms with van der Waals surface area (Å²) in [4.78, 5) is 11.4. The van der Waals surface area contributed by atoms with Gasteiger partial charge in [-0.1, -0.05) is 48.5 Å². The lowest BCUT2D eigenvalue weighted by Crippen LogP contribution is -2.49. The van der Waals surface area contributed by atoms with Crippen LogP contribution in [0.15, 0.2) is 76.8 Å². The highest BCUT2D eigenvalue weighted by Crippen LogP contribution is 2.65. The molecule has 3 unspecified atom stereocenters. The van der Waals surface area contributed by atoms with Crippen molar-refractivity contribution in [3.63, 3.8) is 0 Å². The van der Waals surface area contributed by atoms with E-state index in [1.54, 1.807) is 6.34 Å². The summed E-state index contributed by atoms with van der Waals surface area (Å²) in [6.07, 6.45) is 2.20. The van der Waals surface area contributed by atoms with Crippen LogP contribution >= 0.6 is 0 Å². The van der Waals surface area contributed by atoms with Gasteiger partial charge in [-0.25, -0.2) is 9.98 Å². The monoisotopic (exact) mass is 430 g/mol. The van der Waals surface area contributed by atoms with Crippen LogP contribution in [0.2, 0.25) is 0 Å². The Morgan fingerprint density at radius 1 is 1.03 bits per heavy atom. The van der Waals surface area contributed by atoms with E-state index in [1.165, 1.54) is 0 Å². The van der Waals surface area contributed by atoms with Crippen LogP contribution in [0.5, 0.6) is 0 Å². The first-order valence-corrected chi connectivity index (χ1v) is 11.1. The second kappa shape index (κ2) is 7.27. The maximum absolute atomic E-state index is 10.9. The molecule has 7 heteroatoms. The number of anilines is 1. The number of nitrogens with one attached hydrogen (secondary N) is 1. The maximum atomic E-state index is 10.9. The molecule has 0 aromatic heterocycles. The molecule has 2 heterocycles. The van der Waals surface area contributed by atoms with Crippen molar-refractivity contribution in [3.8, 4) is 0 Å². The highest BCUT2D eigenvalue weighted by molar-refractivity contribution is 6.09. The second-order valence-corrected chi connectivity index (χ2v) is 9.19. The van der Waals surface area contributed by atoms with Gasteiger partial charge < -0.3 is 25.5 Å². The Balaban J connectivity index is 1.39. The summed E-state index contributed by atoms with van der Waals surface area (Å²) in [5.41, 5.74) is 2.49. The summed E-state index contributed by atoms with van der Waals surface area (Å²) in [6, 6.07) is 19.8. The molecule has 7 atom stereocenters. The molecule has 4 N–H and O–H groups in total. The minimum atomic E-state index is -0.937. The smallest absolute Gasteiger partial charge is 0.136 e. The molecule has 164 valence electrons. The highest BCUT2D eigenvalue weighted by atomic mass is 16.3. The van der Waals surface area contributed by atoms with Crippen LogP contribution in [-0.2, 0) is 0 Å². The van der Waals surface area contributed by atoms with Crippen molar-refractivity contribution in [3.05, 3.63) is 72.4 Å². The number of benzene rings is 2. The normalized spacial score (nSPS) is 36.9. The summed E-state index contributed by atoms with van der Waals surface area (Å²) in [6.45, 7) is -0.116. The Hall–Kier alpha value is -3.00. The fourth-order valence-corrected chi connectivity index (χ4v) is 5.85. The molecule has 2 aliphatic carbocycles.